The molecule has 5 heteroatoms. The minimum absolute atomic E-state index is 0. The molecule has 2 N–H and O–H groups in total. The predicted octanol–water partition coefficient (Wildman–Crippen LogP) is 0.781. The topological polar surface area (TPSA) is 55.6 Å². The van der Waals surface area contributed by atoms with Gasteiger partial charge in [0.2, 0.25) is 5.91 Å². The second-order valence-electron chi connectivity index (χ2n) is 4.01. The lowest BCUT2D eigenvalue weighted by atomic mass is 10.1. The normalized spacial score (nSPS) is 28.1. The maximum absolute atomic E-state index is 11.7. The number of halogens is 1. The van der Waals surface area contributed by atoms with Crippen LogP contribution in [0.5, 0.6) is 0 Å². The molecular weight excluding hydrogens is 216 g/mol. The first-order valence-electron chi connectivity index (χ1n) is 5.24. The molecule has 0 saturated carbocycles. The summed E-state index contributed by atoms with van der Waals surface area (Å²) in [4.78, 5) is 13.5. The fourth-order valence-corrected chi connectivity index (χ4v) is 1.74. The van der Waals surface area contributed by atoms with Gasteiger partial charge in [-0.2, -0.15) is 0 Å². The summed E-state index contributed by atoms with van der Waals surface area (Å²) in [5.41, 5.74) is 5.57. The molecule has 4 nitrogen and oxygen atoms in total. The molecule has 15 heavy (non-hydrogen) atoms. The van der Waals surface area contributed by atoms with Gasteiger partial charge in [-0.1, -0.05) is 6.92 Å². The number of morpholine rings is 1. The van der Waals surface area contributed by atoms with Gasteiger partial charge in [-0.15, -0.1) is 12.4 Å². The Hall–Kier alpha value is -0.320. The molecule has 0 aromatic rings. The highest BCUT2D eigenvalue weighted by atomic mass is 35.5. The summed E-state index contributed by atoms with van der Waals surface area (Å²) >= 11 is 0. The molecule has 1 aliphatic rings. The Labute approximate surface area is 97.5 Å². The van der Waals surface area contributed by atoms with Gasteiger partial charge in [-0.05, 0) is 20.3 Å². The fourth-order valence-electron chi connectivity index (χ4n) is 1.74. The first-order chi connectivity index (χ1) is 6.54. The van der Waals surface area contributed by atoms with Crippen LogP contribution in [0.1, 0.15) is 27.2 Å². The molecule has 0 aromatic carbocycles. The van der Waals surface area contributed by atoms with Crippen LogP contribution in [0.2, 0.25) is 0 Å². The van der Waals surface area contributed by atoms with Crippen LogP contribution in [-0.4, -0.2) is 42.1 Å². The number of rotatable bonds is 2. The van der Waals surface area contributed by atoms with E-state index in [1.54, 1.807) is 6.92 Å². The number of hydrogen-bond acceptors (Lipinski definition) is 3. The van der Waals surface area contributed by atoms with E-state index in [2.05, 4.69) is 6.92 Å². The third-order valence-electron chi connectivity index (χ3n) is 2.48. The Bertz CT molecular complexity index is 212. The van der Waals surface area contributed by atoms with E-state index in [-0.39, 0.29) is 30.5 Å². The number of nitrogens with two attached hydrogens (primary N) is 1. The Morgan fingerprint density at radius 3 is 2.67 bits per heavy atom. The molecular formula is C10H21ClN2O2. The molecule has 1 fully saturated rings. The zero-order chi connectivity index (χ0) is 10.7. The lowest BCUT2D eigenvalue weighted by molar-refractivity contribution is -0.145. The smallest absolute Gasteiger partial charge is 0.239 e. The third-order valence-corrected chi connectivity index (χ3v) is 2.48. The van der Waals surface area contributed by atoms with Crippen molar-refractivity contribution in [3.8, 4) is 0 Å². The van der Waals surface area contributed by atoms with Crippen molar-refractivity contribution in [1.82, 2.24) is 4.90 Å². The van der Waals surface area contributed by atoms with Gasteiger partial charge in [-0.3, -0.25) is 4.79 Å². The van der Waals surface area contributed by atoms with Crippen LogP contribution >= 0.6 is 12.4 Å². The highest BCUT2D eigenvalue weighted by Crippen LogP contribution is 2.13. The van der Waals surface area contributed by atoms with Crippen molar-refractivity contribution in [1.29, 1.82) is 0 Å². The average Bonchev–Trinajstić information content (AvgIpc) is 2.15. The Morgan fingerprint density at radius 2 is 2.20 bits per heavy atom. The van der Waals surface area contributed by atoms with Crippen molar-refractivity contribution < 1.29 is 9.53 Å². The van der Waals surface area contributed by atoms with E-state index in [0.717, 1.165) is 6.42 Å². The molecule has 0 aliphatic carbocycles. The van der Waals surface area contributed by atoms with Gasteiger partial charge in [0.15, 0.2) is 0 Å². The lowest BCUT2D eigenvalue weighted by Crippen LogP contribution is -2.52. The van der Waals surface area contributed by atoms with Crippen molar-refractivity contribution in [2.45, 2.75) is 45.4 Å². The summed E-state index contributed by atoms with van der Waals surface area (Å²) in [7, 11) is 0. The quantitative estimate of drug-likeness (QED) is 0.771. The van der Waals surface area contributed by atoms with E-state index >= 15 is 0 Å². The summed E-state index contributed by atoms with van der Waals surface area (Å²) in [6.45, 7) is 7.13. The fraction of sp³-hybridized carbons (Fsp3) is 0.900. The van der Waals surface area contributed by atoms with E-state index in [1.807, 2.05) is 11.8 Å². The molecule has 1 amide bonds. The number of hydrogen-bond donors (Lipinski definition) is 1. The largest absolute Gasteiger partial charge is 0.372 e. The number of nitrogens with zero attached hydrogens (tertiary/aromatic N) is 1. The number of ether oxygens (including phenoxy) is 1. The molecule has 0 bridgehead atoms. The van der Waals surface area contributed by atoms with Crippen molar-refractivity contribution >= 4 is 18.3 Å². The van der Waals surface area contributed by atoms with Crippen LogP contribution in [0.15, 0.2) is 0 Å². The van der Waals surface area contributed by atoms with Crippen LogP contribution in [0.4, 0.5) is 0 Å². The molecule has 0 aromatic heterocycles. The summed E-state index contributed by atoms with van der Waals surface area (Å²) in [6, 6.07) is -0.405. The second-order valence-corrected chi connectivity index (χ2v) is 4.01. The standard InChI is InChI=1S/C10H20N2O2.ClH/c1-4-9-6-12(5-7(2)14-9)10(13)8(3)11;/h7-9H,4-6,11H2,1-3H3;1H/t7?,8-,9?;/m1./s1. The van der Waals surface area contributed by atoms with E-state index in [4.69, 9.17) is 10.5 Å². The van der Waals surface area contributed by atoms with E-state index < -0.39 is 6.04 Å². The van der Waals surface area contributed by atoms with Crippen molar-refractivity contribution in [2.24, 2.45) is 5.73 Å². The molecule has 1 aliphatic heterocycles. The predicted molar refractivity (Wildman–Crippen MR) is 62.1 cm³/mol. The maximum atomic E-state index is 11.7. The van der Waals surface area contributed by atoms with Crippen LogP contribution in [-0.2, 0) is 9.53 Å². The van der Waals surface area contributed by atoms with Gasteiger partial charge in [0.1, 0.15) is 0 Å². The Morgan fingerprint density at radius 1 is 1.60 bits per heavy atom. The lowest BCUT2D eigenvalue weighted by Gasteiger charge is -2.37. The van der Waals surface area contributed by atoms with E-state index in [1.165, 1.54) is 0 Å². The average molecular weight is 237 g/mol. The summed E-state index contributed by atoms with van der Waals surface area (Å²) in [5.74, 6) is 0.0265. The highest BCUT2D eigenvalue weighted by Gasteiger charge is 2.28. The van der Waals surface area contributed by atoms with Gasteiger partial charge in [0, 0.05) is 13.1 Å². The first kappa shape index (κ1) is 14.7. The number of amides is 1. The SMILES string of the molecule is CCC1CN(C(=O)[C@@H](C)N)CC(C)O1.Cl. The van der Waals surface area contributed by atoms with Gasteiger partial charge >= 0.3 is 0 Å². The third kappa shape index (κ3) is 3.97. The highest BCUT2D eigenvalue weighted by molar-refractivity contribution is 5.85. The molecule has 1 heterocycles. The van der Waals surface area contributed by atoms with Gasteiger partial charge in [-0.25, -0.2) is 0 Å². The van der Waals surface area contributed by atoms with Gasteiger partial charge in [0.05, 0.1) is 18.2 Å². The van der Waals surface area contributed by atoms with Crippen molar-refractivity contribution in [3.05, 3.63) is 0 Å². The van der Waals surface area contributed by atoms with Crippen LogP contribution in [0.25, 0.3) is 0 Å². The van der Waals surface area contributed by atoms with Crippen LogP contribution in [0, 0.1) is 0 Å². The van der Waals surface area contributed by atoms with Gasteiger partial charge < -0.3 is 15.4 Å². The molecule has 1 rings (SSSR count). The minimum atomic E-state index is -0.405. The summed E-state index contributed by atoms with van der Waals surface area (Å²) < 4.78 is 5.66. The molecule has 3 atom stereocenters. The number of carbonyl (C=O) groups excluding carboxylic acids is 1. The Kier molecular flexibility index (Phi) is 6.17. The second kappa shape index (κ2) is 6.30. The first-order valence-corrected chi connectivity index (χ1v) is 5.24. The van der Waals surface area contributed by atoms with Crippen LogP contribution in [0.3, 0.4) is 0 Å². The summed E-state index contributed by atoms with van der Waals surface area (Å²) in [6.07, 6.45) is 1.23. The zero-order valence-corrected chi connectivity index (χ0v) is 10.4. The Balaban J connectivity index is 0.00000196. The minimum Gasteiger partial charge on any atom is -0.372 e. The van der Waals surface area contributed by atoms with E-state index in [0.29, 0.717) is 13.1 Å². The zero-order valence-electron chi connectivity index (χ0n) is 9.60. The maximum Gasteiger partial charge on any atom is 0.239 e. The molecule has 1 saturated heterocycles. The monoisotopic (exact) mass is 236 g/mol. The molecule has 0 radical (unpaired) electrons. The molecule has 90 valence electrons. The molecule has 2 unspecified atom stereocenters. The van der Waals surface area contributed by atoms with E-state index in [9.17, 15) is 4.79 Å². The molecule has 0 spiro atoms. The van der Waals surface area contributed by atoms with Crippen LogP contribution < -0.4 is 5.73 Å². The van der Waals surface area contributed by atoms with Gasteiger partial charge in [0.25, 0.3) is 0 Å². The van der Waals surface area contributed by atoms with Crippen molar-refractivity contribution in [2.75, 3.05) is 13.1 Å². The number of carbonyl (C=O) groups is 1. The van der Waals surface area contributed by atoms with Crippen molar-refractivity contribution in [3.63, 3.8) is 0 Å². The summed E-state index contributed by atoms with van der Waals surface area (Å²) in [5, 5.41) is 0.